The van der Waals surface area contributed by atoms with Gasteiger partial charge in [0.15, 0.2) is 0 Å². The van der Waals surface area contributed by atoms with Crippen molar-refractivity contribution in [3.63, 3.8) is 0 Å². The number of carbonyl (C=O) groups excluding carboxylic acids is 1. The molecule has 3 nitrogen and oxygen atoms in total. The van der Waals surface area contributed by atoms with Crippen LogP contribution in [-0.2, 0) is 4.74 Å². The molecule has 5 heteroatoms. The highest BCUT2D eigenvalue weighted by molar-refractivity contribution is 6.36. The van der Waals surface area contributed by atoms with Gasteiger partial charge in [-0.1, -0.05) is 37.0 Å². The summed E-state index contributed by atoms with van der Waals surface area (Å²) in [6, 6.07) is 1.45. The van der Waals surface area contributed by atoms with E-state index >= 15 is 0 Å². The highest BCUT2D eigenvalue weighted by Crippen LogP contribution is 2.27. The predicted octanol–water partition coefficient (Wildman–Crippen LogP) is 3.69. The lowest BCUT2D eigenvalue weighted by molar-refractivity contribution is 0.0524. The van der Waals surface area contributed by atoms with E-state index in [4.69, 9.17) is 27.9 Å². The van der Waals surface area contributed by atoms with E-state index in [9.17, 15) is 4.79 Å². The van der Waals surface area contributed by atoms with Gasteiger partial charge in [0.2, 0.25) is 0 Å². The van der Waals surface area contributed by atoms with Gasteiger partial charge in [0.05, 0.1) is 17.3 Å². The number of esters is 1. The molecule has 1 aromatic rings. The van der Waals surface area contributed by atoms with Crippen LogP contribution in [0.4, 0.5) is 0 Å². The zero-order valence-electron chi connectivity index (χ0n) is 9.38. The van der Waals surface area contributed by atoms with Crippen molar-refractivity contribution in [1.29, 1.82) is 0 Å². The molecule has 0 aliphatic carbocycles. The second-order valence-corrected chi connectivity index (χ2v) is 4.36. The average molecular weight is 262 g/mol. The number of hydrogen-bond acceptors (Lipinski definition) is 3. The molecule has 0 aliphatic rings. The molecule has 1 aromatic heterocycles. The lowest BCUT2D eigenvalue weighted by atomic mass is 10.0. The molecular weight excluding hydrogens is 249 g/mol. The van der Waals surface area contributed by atoms with Crippen molar-refractivity contribution < 1.29 is 9.53 Å². The van der Waals surface area contributed by atoms with Crippen LogP contribution in [0, 0.1) is 0 Å². The molecule has 0 saturated carbocycles. The second kappa shape index (κ2) is 5.51. The summed E-state index contributed by atoms with van der Waals surface area (Å²) in [4.78, 5) is 15.8. The quantitative estimate of drug-likeness (QED) is 0.616. The van der Waals surface area contributed by atoms with Crippen molar-refractivity contribution in [2.45, 2.75) is 26.7 Å². The normalized spacial score (nSPS) is 10.6. The molecule has 16 heavy (non-hydrogen) atoms. The Labute approximate surface area is 105 Å². The van der Waals surface area contributed by atoms with Crippen LogP contribution in [0.2, 0.25) is 10.2 Å². The molecule has 1 rings (SSSR count). The van der Waals surface area contributed by atoms with Gasteiger partial charge in [-0.25, -0.2) is 9.78 Å². The summed E-state index contributed by atoms with van der Waals surface area (Å²) in [6.07, 6.45) is 0. The van der Waals surface area contributed by atoms with Crippen molar-refractivity contribution >= 4 is 29.2 Å². The van der Waals surface area contributed by atoms with Crippen molar-refractivity contribution in [3.8, 4) is 0 Å². The van der Waals surface area contributed by atoms with Crippen LogP contribution < -0.4 is 0 Å². The fraction of sp³-hybridized carbons (Fsp3) is 0.455. The summed E-state index contributed by atoms with van der Waals surface area (Å²) in [5, 5.41) is 0.559. The Kier molecular flexibility index (Phi) is 4.56. The predicted molar refractivity (Wildman–Crippen MR) is 64.3 cm³/mol. The molecule has 0 N–H and O–H groups in total. The van der Waals surface area contributed by atoms with Crippen LogP contribution in [0.3, 0.4) is 0 Å². The van der Waals surface area contributed by atoms with E-state index in [0.717, 1.165) is 0 Å². The van der Waals surface area contributed by atoms with Crippen molar-refractivity contribution in [2.75, 3.05) is 6.61 Å². The topological polar surface area (TPSA) is 39.2 Å². The van der Waals surface area contributed by atoms with Gasteiger partial charge in [-0.2, -0.15) is 0 Å². The number of ether oxygens (including phenoxy) is 1. The Morgan fingerprint density at radius 2 is 2.12 bits per heavy atom. The molecule has 0 bridgehead atoms. The highest BCUT2D eigenvalue weighted by Gasteiger charge is 2.21. The van der Waals surface area contributed by atoms with Crippen LogP contribution in [-0.4, -0.2) is 17.6 Å². The smallest absolute Gasteiger partial charge is 0.341 e. The largest absolute Gasteiger partial charge is 0.462 e. The number of pyridine rings is 1. The van der Waals surface area contributed by atoms with Crippen molar-refractivity contribution in [1.82, 2.24) is 4.98 Å². The van der Waals surface area contributed by atoms with Crippen molar-refractivity contribution in [2.24, 2.45) is 0 Å². The molecule has 0 amide bonds. The number of rotatable bonds is 3. The van der Waals surface area contributed by atoms with Gasteiger partial charge in [0, 0.05) is 0 Å². The molecule has 88 valence electrons. The van der Waals surface area contributed by atoms with Gasteiger partial charge in [0.1, 0.15) is 10.7 Å². The summed E-state index contributed by atoms with van der Waals surface area (Å²) in [6.45, 7) is 5.87. The maximum atomic E-state index is 11.7. The number of hydrogen-bond donors (Lipinski definition) is 0. The fourth-order valence-electron chi connectivity index (χ4n) is 1.33. The Balaban J connectivity index is 3.29. The van der Waals surface area contributed by atoms with E-state index in [2.05, 4.69) is 4.98 Å². The number of carbonyl (C=O) groups is 1. The molecule has 0 unspecified atom stereocenters. The zero-order valence-corrected chi connectivity index (χ0v) is 10.9. The first-order chi connectivity index (χ1) is 7.47. The van der Waals surface area contributed by atoms with Crippen LogP contribution in [0.15, 0.2) is 6.07 Å². The lowest BCUT2D eigenvalue weighted by Gasteiger charge is -2.12. The van der Waals surface area contributed by atoms with Gasteiger partial charge < -0.3 is 4.74 Å². The van der Waals surface area contributed by atoms with E-state index in [0.29, 0.717) is 17.9 Å². The monoisotopic (exact) mass is 261 g/mol. The summed E-state index contributed by atoms with van der Waals surface area (Å²) in [5.41, 5.74) is 0.874. The van der Waals surface area contributed by atoms with Gasteiger partial charge >= 0.3 is 5.97 Å². The third-order valence-corrected chi connectivity index (χ3v) is 2.49. The minimum atomic E-state index is -0.458. The molecule has 0 saturated heterocycles. The Hall–Kier alpha value is -0.800. The lowest BCUT2D eigenvalue weighted by Crippen LogP contribution is -2.11. The van der Waals surface area contributed by atoms with Crippen molar-refractivity contribution in [3.05, 3.63) is 27.5 Å². The minimum Gasteiger partial charge on any atom is -0.462 e. The Morgan fingerprint density at radius 1 is 1.50 bits per heavy atom. The van der Waals surface area contributed by atoms with E-state index in [1.807, 2.05) is 13.8 Å². The van der Waals surface area contributed by atoms with E-state index in [1.54, 1.807) is 6.92 Å². The molecule has 0 aromatic carbocycles. The Morgan fingerprint density at radius 3 is 2.62 bits per heavy atom. The number of halogens is 2. The van der Waals surface area contributed by atoms with E-state index in [1.165, 1.54) is 6.07 Å². The first kappa shape index (κ1) is 13.3. The summed E-state index contributed by atoms with van der Waals surface area (Å²) >= 11 is 11.8. The molecule has 0 radical (unpaired) electrons. The van der Waals surface area contributed by atoms with Crippen LogP contribution in [0.5, 0.6) is 0 Å². The molecule has 0 spiro atoms. The highest BCUT2D eigenvalue weighted by atomic mass is 35.5. The van der Waals surface area contributed by atoms with E-state index in [-0.39, 0.29) is 16.1 Å². The third-order valence-electron chi connectivity index (χ3n) is 1.99. The molecule has 0 fully saturated rings. The maximum absolute atomic E-state index is 11.7. The minimum absolute atomic E-state index is 0.0515. The number of nitrogens with zero attached hydrogens (tertiary/aromatic N) is 1. The van der Waals surface area contributed by atoms with Gasteiger partial charge in [0.25, 0.3) is 0 Å². The molecule has 1 heterocycles. The molecule has 0 aliphatic heterocycles. The van der Waals surface area contributed by atoms with Crippen LogP contribution >= 0.6 is 23.2 Å². The molecule has 0 atom stereocenters. The van der Waals surface area contributed by atoms with Gasteiger partial charge in [-0.05, 0) is 18.9 Å². The van der Waals surface area contributed by atoms with Gasteiger partial charge in [-0.3, -0.25) is 0 Å². The summed E-state index contributed by atoms with van der Waals surface area (Å²) < 4.78 is 4.93. The SMILES string of the molecule is CCOC(=O)c1c(Cl)cc(Cl)nc1C(C)C. The number of aromatic nitrogens is 1. The first-order valence-corrected chi connectivity index (χ1v) is 5.76. The fourth-order valence-corrected chi connectivity index (χ4v) is 1.86. The third kappa shape index (κ3) is 2.86. The molecular formula is C11H13Cl2NO2. The Bertz CT molecular complexity index is 405. The van der Waals surface area contributed by atoms with Crippen LogP contribution in [0.1, 0.15) is 42.7 Å². The standard InChI is InChI=1S/C11H13Cl2NO2/c1-4-16-11(15)9-7(12)5-8(13)14-10(9)6(2)3/h5-6H,4H2,1-3H3. The zero-order chi connectivity index (χ0) is 12.3. The van der Waals surface area contributed by atoms with Gasteiger partial charge in [-0.15, -0.1) is 0 Å². The first-order valence-electron chi connectivity index (χ1n) is 5.00. The summed E-state index contributed by atoms with van der Waals surface area (Å²) in [7, 11) is 0. The summed E-state index contributed by atoms with van der Waals surface area (Å²) in [5.74, 6) is -0.407. The van der Waals surface area contributed by atoms with E-state index < -0.39 is 5.97 Å². The second-order valence-electron chi connectivity index (χ2n) is 3.56. The maximum Gasteiger partial charge on any atom is 0.341 e. The van der Waals surface area contributed by atoms with Crippen LogP contribution in [0.25, 0.3) is 0 Å². The average Bonchev–Trinajstić information content (AvgIpc) is 2.16.